The van der Waals surface area contributed by atoms with Gasteiger partial charge in [0.1, 0.15) is 5.78 Å². The number of ether oxygens (including phenoxy) is 1. The van der Waals surface area contributed by atoms with Gasteiger partial charge in [0.05, 0.1) is 12.7 Å². The summed E-state index contributed by atoms with van der Waals surface area (Å²) in [5.41, 5.74) is -0.884. The van der Waals surface area contributed by atoms with Crippen LogP contribution in [0.2, 0.25) is 0 Å². The molecule has 0 amide bonds. The summed E-state index contributed by atoms with van der Waals surface area (Å²) in [5.74, 6) is -0.669. The SMILES string of the molecule is CCOC(=O)[C@@](C#N)(CCC(C)=O)c1ccc(Br)cc1. The quantitative estimate of drug-likeness (QED) is 0.748. The summed E-state index contributed by atoms with van der Waals surface area (Å²) in [5, 5.41) is 9.54. The fourth-order valence-electron chi connectivity index (χ4n) is 1.88. The second kappa shape index (κ2) is 7.20. The molecule has 4 nitrogen and oxygen atoms in total. The Balaban J connectivity index is 3.23. The molecule has 0 heterocycles. The van der Waals surface area contributed by atoms with Crippen LogP contribution in [0.3, 0.4) is 0 Å². The number of rotatable bonds is 6. The molecule has 0 aromatic heterocycles. The third kappa shape index (κ3) is 3.67. The van der Waals surface area contributed by atoms with E-state index in [1.165, 1.54) is 6.92 Å². The lowest BCUT2D eigenvalue weighted by molar-refractivity contribution is -0.148. The Bertz CT molecular complexity index is 533. The van der Waals surface area contributed by atoms with Gasteiger partial charge >= 0.3 is 5.97 Å². The van der Waals surface area contributed by atoms with Crippen LogP contribution in [0.1, 0.15) is 32.3 Å². The first-order valence-electron chi connectivity index (χ1n) is 6.30. The van der Waals surface area contributed by atoms with Crippen molar-refractivity contribution in [2.75, 3.05) is 6.61 Å². The lowest BCUT2D eigenvalue weighted by atomic mass is 9.77. The molecule has 0 radical (unpaired) electrons. The van der Waals surface area contributed by atoms with Crippen molar-refractivity contribution < 1.29 is 14.3 Å². The molecular weight excluding hydrogens is 322 g/mol. The van der Waals surface area contributed by atoms with Gasteiger partial charge in [-0.2, -0.15) is 5.26 Å². The minimum Gasteiger partial charge on any atom is -0.465 e. The number of hydrogen-bond donors (Lipinski definition) is 0. The third-order valence-electron chi connectivity index (χ3n) is 3.00. The molecule has 0 aliphatic heterocycles. The summed E-state index contributed by atoms with van der Waals surface area (Å²) in [6.07, 6.45) is 0.280. The van der Waals surface area contributed by atoms with Gasteiger partial charge in [-0.15, -0.1) is 0 Å². The van der Waals surface area contributed by atoms with Gasteiger partial charge < -0.3 is 9.53 Å². The van der Waals surface area contributed by atoms with Crippen LogP contribution in [-0.4, -0.2) is 18.4 Å². The number of nitrogens with zero attached hydrogens (tertiary/aromatic N) is 1. The lowest BCUT2D eigenvalue weighted by Gasteiger charge is -2.24. The van der Waals surface area contributed by atoms with Crippen molar-refractivity contribution in [3.63, 3.8) is 0 Å². The molecule has 0 aliphatic carbocycles. The highest BCUT2D eigenvalue weighted by Crippen LogP contribution is 2.31. The van der Waals surface area contributed by atoms with E-state index in [2.05, 4.69) is 15.9 Å². The van der Waals surface area contributed by atoms with E-state index in [1.54, 1.807) is 31.2 Å². The largest absolute Gasteiger partial charge is 0.465 e. The monoisotopic (exact) mass is 337 g/mol. The molecule has 0 spiro atoms. The molecular formula is C15H16BrNO3. The number of ketones is 1. The molecule has 1 atom stereocenters. The predicted octanol–water partition coefficient (Wildman–Crippen LogP) is 3.14. The zero-order valence-corrected chi connectivity index (χ0v) is 13.1. The van der Waals surface area contributed by atoms with Crippen molar-refractivity contribution in [1.29, 1.82) is 5.26 Å². The van der Waals surface area contributed by atoms with Crippen molar-refractivity contribution in [1.82, 2.24) is 0 Å². The predicted molar refractivity (Wildman–Crippen MR) is 78.0 cm³/mol. The van der Waals surface area contributed by atoms with E-state index in [4.69, 9.17) is 4.74 Å². The van der Waals surface area contributed by atoms with Gasteiger partial charge in [-0.1, -0.05) is 28.1 Å². The molecule has 5 heteroatoms. The summed E-state index contributed by atoms with van der Waals surface area (Å²) < 4.78 is 5.88. The van der Waals surface area contributed by atoms with Crippen LogP contribution in [0.4, 0.5) is 0 Å². The molecule has 106 valence electrons. The van der Waals surface area contributed by atoms with E-state index < -0.39 is 11.4 Å². The number of carbonyl (C=O) groups excluding carboxylic acids is 2. The number of nitriles is 1. The fraction of sp³-hybridized carbons (Fsp3) is 0.400. The van der Waals surface area contributed by atoms with Crippen molar-refractivity contribution in [2.24, 2.45) is 0 Å². The van der Waals surface area contributed by atoms with E-state index in [0.29, 0.717) is 5.56 Å². The standard InChI is InChI=1S/C15H16BrNO3/c1-3-20-14(19)15(10-17,9-8-11(2)18)12-4-6-13(16)7-5-12/h4-7H,3,8-9H2,1-2H3/t15-/m1/s1. The van der Waals surface area contributed by atoms with Crippen LogP contribution in [-0.2, 0) is 19.7 Å². The number of carbonyl (C=O) groups is 2. The van der Waals surface area contributed by atoms with Crippen LogP contribution in [0.15, 0.2) is 28.7 Å². The van der Waals surface area contributed by atoms with E-state index in [-0.39, 0.29) is 25.2 Å². The molecule has 0 aliphatic rings. The Morgan fingerprint density at radius 2 is 1.95 bits per heavy atom. The molecule has 0 unspecified atom stereocenters. The number of benzene rings is 1. The van der Waals surface area contributed by atoms with Gasteiger partial charge in [0, 0.05) is 10.9 Å². The molecule has 0 N–H and O–H groups in total. The summed E-state index contributed by atoms with van der Waals surface area (Å²) in [7, 11) is 0. The van der Waals surface area contributed by atoms with Gasteiger partial charge in [-0.05, 0) is 38.0 Å². The Kier molecular flexibility index (Phi) is 5.90. The van der Waals surface area contributed by atoms with Crippen molar-refractivity contribution in [3.05, 3.63) is 34.3 Å². The summed E-state index contributed by atoms with van der Waals surface area (Å²) >= 11 is 3.31. The van der Waals surface area contributed by atoms with Crippen molar-refractivity contribution >= 4 is 27.7 Å². The van der Waals surface area contributed by atoms with Crippen LogP contribution in [0, 0.1) is 11.3 Å². The summed E-state index contributed by atoms with van der Waals surface area (Å²) in [6.45, 7) is 3.32. The highest BCUT2D eigenvalue weighted by atomic mass is 79.9. The normalized spacial score (nSPS) is 13.1. The molecule has 0 saturated carbocycles. The minimum atomic E-state index is -1.43. The topological polar surface area (TPSA) is 67.2 Å². The number of esters is 1. The van der Waals surface area contributed by atoms with Crippen LogP contribution >= 0.6 is 15.9 Å². The van der Waals surface area contributed by atoms with Crippen LogP contribution in [0.25, 0.3) is 0 Å². The second-order valence-corrected chi connectivity index (χ2v) is 5.36. The first-order valence-corrected chi connectivity index (χ1v) is 7.09. The van der Waals surface area contributed by atoms with Crippen molar-refractivity contribution in [2.45, 2.75) is 32.1 Å². The van der Waals surface area contributed by atoms with E-state index >= 15 is 0 Å². The van der Waals surface area contributed by atoms with Crippen LogP contribution in [0.5, 0.6) is 0 Å². The summed E-state index contributed by atoms with van der Waals surface area (Å²) in [6, 6.07) is 8.96. The van der Waals surface area contributed by atoms with Gasteiger partial charge in [0.15, 0.2) is 5.41 Å². The second-order valence-electron chi connectivity index (χ2n) is 4.45. The highest BCUT2D eigenvalue weighted by molar-refractivity contribution is 9.10. The van der Waals surface area contributed by atoms with E-state index in [0.717, 1.165) is 4.47 Å². The molecule has 1 rings (SSSR count). The Hall–Kier alpha value is -1.67. The van der Waals surface area contributed by atoms with Crippen molar-refractivity contribution in [3.8, 4) is 6.07 Å². The van der Waals surface area contributed by atoms with Gasteiger partial charge in [-0.3, -0.25) is 0 Å². The van der Waals surface area contributed by atoms with Crippen LogP contribution < -0.4 is 0 Å². The maximum Gasteiger partial charge on any atom is 0.331 e. The number of halogens is 1. The molecule has 0 bridgehead atoms. The van der Waals surface area contributed by atoms with E-state index in [9.17, 15) is 14.9 Å². The molecule has 0 saturated heterocycles. The molecule has 20 heavy (non-hydrogen) atoms. The van der Waals surface area contributed by atoms with Gasteiger partial charge in [-0.25, -0.2) is 4.79 Å². The number of Topliss-reactive ketones (excluding diaryl/α,β-unsaturated/α-hetero) is 1. The first-order chi connectivity index (χ1) is 9.46. The maximum atomic E-state index is 12.2. The average molecular weight is 338 g/mol. The minimum absolute atomic E-state index is 0.0639. The van der Waals surface area contributed by atoms with Gasteiger partial charge in [0.25, 0.3) is 0 Å². The summed E-state index contributed by atoms with van der Waals surface area (Å²) in [4.78, 5) is 23.4. The Morgan fingerprint density at radius 1 is 1.35 bits per heavy atom. The van der Waals surface area contributed by atoms with Gasteiger partial charge in [0.2, 0.25) is 0 Å². The fourth-order valence-corrected chi connectivity index (χ4v) is 2.15. The Morgan fingerprint density at radius 3 is 2.40 bits per heavy atom. The molecule has 1 aromatic rings. The zero-order chi connectivity index (χ0) is 15.2. The Labute approximate surface area is 126 Å². The number of hydrogen-bond acceptors (Lipinski definition) is 4. The zero-order valence-electron chi connectivity index (χ0n) is 11.5. The lowest BCUT2D eigenvalue weighted by Crippen LogP contribution is -2.36. The molecule has 0 fully saturated rings. The first kappa shape index (κ1) is 16.4. The maximum absolute atomic E-state index is 12.2. The highest BCUT2D eigenvalue weighted by Gasteiger charge is 2.42. The molecule has 1 aromatic carbocycles. The average Bonchev–Trinajstić information content (AvgIpc) is 2.41. The third-order valence-corrected chi connectivity index (χ3v) is 3.53. The smallest absolute Gasteiger partial charge is 0.331 e. The van der Waals surface area contributed by atoms with E-state index in [1.807, 2.05) is 6.07 Å².